The molecule has 1 N–H and O–H groups in total. The Morgan fingerprint density at radius 2 is 2.06 bits per heavy atom. The summed E-state index contributed by atoms with van der Waals surface area (Å²) in [6, 6.07) is 7.60. The molecular weight excluding hydrogens is 206 g/mol. The van der Waals surface area contributed by atoms with Crippen molar-refractivity contribution in [2.24, 2.45) is 0 Å². The first-order valence-electron chi connectivity index (χ1n) is 7.03. The normalized spacial score (nSPS) is 24.2. The molecule has 0 amide bonds. The maximum atomic E-state index is 3.73. The Kier molecular flexibility index (Phi) is 4.22. The standard InChI is InChI=1S/C16H25N/c1-4-10-17-16-7-5-6-14(16)15-11-12(2)8-9-13(15)3/h8-9,11,14,16-17H,4-7,10H2,1-3H3. The third kappa shape index (κ3) is 2.90. The van der Waals surface area contributed by atoms with Gasteiger partial charge in [-0.05, 0) is 56.7 Å². The van der Waals surface area contributed by atoms with E-state index < -0.39 is 0 Å². The molecule has 0 bridgehead atoms. The summed E-state index contributed by atoms with van der Waals surface area (Å²) in [6.07, 6.45) is 5.30. The maximum Gasteiger partial charge on any atom is 0.0136 e. The first kappa shape index (κ1) is 12.6. The van der Waals surface area contributed by atoms with Crippen LogP contribution in [0.1, 0.15) is 55.2 Å². The van der Waals surface area contributed by atoms with E-state index in [9.17, 15) is 0 Å². The second kappa shape index (κ2) is 5.68. The van der Waals surface area contributed by atoms with Crippen molar-refractivity contribution in [2.45, 2.75) is 58.4 Å². The predicted molar refractivity (Wildman–Crippen MR) is 74.6 cm³/mol. The van der Waals surface area contributed by atoms with Gasteiger partial charge < -0.3 is 5.32 Å². The van der Waals surface area contributed by atoms with Crippen molar-refractivity contribution in [1.29, 1.82) is 0 Å². The van der Waals surface area contributed by atoms with Crippen LogP contribution in [0.5, 0.6) is 0 Å². The second-order valence-corrected chi connectivity index (χ2v) is 5.46. The Balaban J connectivity index is 2.16. The lowest BCUT2D eigenvalue weighted by Gasteiger charge is -2.23. The molecule has 1 saturated carbocycles. The van der Waals surface area contributed by atoms with E-state index in [4.69, 9.17) is 0 Å². The molecule has 2 atom stereocenters. The molecule has 1 heteroatoms. The molecule has 0 heterocycles. The number of hydrogen-bond acceptors (Lipinski definition) is 1. The summed E-state index contributed by atoms with van der Waals surface area (Å²) < 4.78 is 0. The summed E-state index contributed by atoms with van der Waals surface area (Å²) in [6.45, 7) is 7.86. The zero-order valence-electron chi connectivity index (χ0n) is 11.4. The lowest BCUT2D eigenvalue weighted by Crippen LogP contribution is -2.32. The molecule has 0 aliphatic heterocycles. The molecular formula is C16H25N. The number of nitrogens with one attached hydrogen (secondary N) is 1. The lowest BCUT2D eigenvalue weighted by atomic mass is 9.89. The molecule has 1 fully saturated rings. The number of hydrogen-bond donors (Lipinski definition) is 1. The fraction of sp³-hybridized carbons (Fsp3) is 0.625. The summed E-state index contributed by atoms with van der Waals surface area (Å²) in [4.78, 5) is 0. The summed E-state index contributed by atoms with van der Waals surface area (Å²) in [5, 5.41) is 3.73. The number of benzene rings is 1. The van der Waals surface area contributed by atoms with Crippen molar-refractivity contribution >= 4 is 0 Å². The van der Waals surface area contributed by atoms with E-state index in [0.717, 1.165) is 12.5 Å². The monoisotopic (exact) mass is 231 g/mol. The van der Waals surface area contributed by atoms with Gasteiger partial charge in [-0.2, -0.15) is 0 Å². The van der Waals surface area contributed by atoms with E-state index in [-0.39, 0.29) is 0 Å². The highest BCUT2D eigenvalue weighted by atomic mass is 14.9. The Morgan fingerprint density at radius 1 is 1.24 bits per heavy atom. The third-order valence-corrected chi connectivity index (χ3v) is 4.01. The first-order valence-corrected chi connectivity index (χ1v) is 7.03. The molecule has 0 radical (unpaired) electrons. The fourth-order valence-corrected chi connectivity index (χ4v) is 3.07. The summed E-state index contributed by atoms with van der Waals surface area (Å²) in [7, 11) is 0. The van der Waals surface area contributed by atoms with Crippen LogP contribution in [0.25, 0.3) is 0 Å². The highest BCUT2D eigenvalue weighted by Gasteiger charge is 2.28. The van der Waals surface area contributed by atoms with E-state index in [1.165, 1.54) is 36.8 Å². The van der Waals surface area contributed by atoms with Crippen LogP contribution in [0.3, 0.4) is 0 Å². The van der Waals surface area contributed by atoms with Gasteiger partial charge >= 0.3 is 0 Å². The van der Waals surface area contributed by atoms with Crippen LogP contribution >= 0.6 is 0 Å². The van der Waals surface area contributed by atoms with Crippen LogP contribution < -0.4 is 5.32 Å². The molecule has 1 aromatic carbocycles. The van der Waals surface area contributed by atoms with E-state index in [0.29, 0.717) is 6.04 Å². The molecule has 1 aromatic rings. The van der Waals surface area contributed by atoms with Crippen LogP contribution in [0.2, 0.25) is 0 Å². The third-order valence-electron chi connectivity index (χ3n) is 4.01. The number of aryl methyl sites for hydroxylation is 2. The van der Waals surface area contributed by atoms with Crippen molar-refractivity contribution in [3.05, 3.63) is 34.9 Å². The molecule has 17 heavy (non-hydrogen) atoms. The van der Waals surface area contributed by atoms with Gasteiger partial charge in [-0.15, -0.1) is 0 Å². The van der Waals surface area contributed by atoms with Crippen LogP contribution in [0, 0.1) is 13.8 Å². The minimum absolute atomic E-state index is 0.704. The summed E-state index contributed by atoms with van der Waals surface area (Å²) in [5.41, 5.74) is 4.44. The van der Waals surface area contributed by atoms with Crippen molar-refractivity contribution in [1.82, 2.24) is 5.32 Å². The molecule has 0 spiro atoms. The Labute approximate surface area is 106 Å². The van der Waals surface area contributed by atoms with Crippen molar-refractivity contribution in [2.75, 3.05) is 6.54 Å². The smallest absolute Gasteiger partial charge is 0.0136 e. The van der Waals surface area contributed by atoms with Gasteiger partial charge in [0.1, 0.15) is 0 Å². The highest BCUT2D eigenvalue weighted by Crippen LogP contribution is 2.36. The first-order chi connectivity index (χ1) is 8.22. The molecule has 0 saturated heterocycles. The van der Waals surface area contributed by atoms with E-state index in [1.54, 1.807) is 5.56 Å². The highest BCUT2D eigenvalue weighted by molar-refractivity contribution is 5.35. The summed E-state index contributed by atoms with van der Waals surface area (Å²) in [5.74, 6) is 0.737. The second-order valence-electron chi connectivity index (χ2n) is 5.46. The molecule has 1 aliphatic rings. The molecule has 1 aliphatic carbocycles. The van der Waals surface area contributed by atoms with Gasteiger partial charge in [0.15, 0.2) is 0 Å². The van der Waals surface area contributed by atoms with E-state index in [1.807, 2.05) is 0 Å². The fourth-order valence-electron chi connectivity index (χ4n) is 3.07. The number of rotatable bonds is 4. The van der Waals surface area contributed by atoms with Gasteiger partial charge in [0.25, 0.3) is 0 Å². The Bertz CT molecular complexity index is 370. The van der Waals surface area contributed by atoms with Crippen LogP contribution in [-0.2, 0) is 0 Å². The van der Waals surface area contributed by atoms with Crippen molar-refractivity contribution < 1.29 is 0 Å². The largest absolute Gasteiger partial charge is 0.313 e. The van der Waals surface area contributed by atoms with Gasteiger partial charge in [-0.3, -0.25) is 0 Å². The minimum Gasteiger partial charge on any atom is -0.313 e. The SMILES string of the molecule is CCCNC1CCCC1c1cc(C)ccc1C. The van der Waals surface area contributed by atoms with Crippen LogP contribution in [0.15, 0.2) is 18.2 Å². The molecule has 2 rings (SSSR count). The van der Waals surface area contributed by atoms with Crippen molar-refractivity contribution in [3.63, 3.8) is 0 Å². The van der Waals surface area contributed by atoms with Gasteiger partial charge in [-0.25, -0.2) is 0 Å². The molecule has 2 unspecified atom stereocenters. The van der Waals surface area contributed by atoms with E-state index in [2.05, 4.69) is 44.3 Å². The lowest BCUT2D eigenvalue weighted by molar-refractivity contribution is 0.477. The average Bonchev–Trinajstić information content (AvgIpc) is 2.77. The average molecular weight is 231 g/mol. The summed E-state index contributed by atoms with van der Waals surface area (Å²) >= 11 is 0. The van der Waals surface area contributed by atoms with Gasteiger partial charge in [0.05, 0.1) is 0 Å². The quantitative estimate of drug-likeness (QED) is 0.827. The van der Waals surface area contributed by atoms with Crippen molar-refractivity contribution in [3.8, 4) is 0 Å². The Hall–Kier alpha value is -0.820. The minimum atomic E-state index is 0.704. The predicted octanol–water partition coefficient (Wildman–Crippen LogP) is 3.94. The Morgan fingerprint density at radius 3 is 2.82 bits per heavy atom. The van der Waals surface area contributed by atoms with Gasteiger partial charge in [-0.1, -0.05) is 37.1 Å². The van der Waals surface area contributed by atoms with Gasteiger partial charge in [0, 0.05) is 6.04 Å². The zero-order chi connectivity index (χ0) is 12.3. The maximum absolute atomic E-state index is 3.73. The van der Waals surface area contributed by atoms with Crippen LogP contribution in [0.4, 0.5) is 0 Å². The zero-order valence-corrected chi connectivity index (χ0v) is 11.4. The molecule has 1 nitrogen and oxygen atoms in total. The van der Waals surface area contributed by atoms with Crippen LogP contribution in [-0.4, -0.2) is 12.6 Å². The molecule has 94 valence electrons. The topological polar surface area (TPSA) is 12.0 Å². The molecule has 0 aromatic heterocycles. The van der Waals surface area contributed by atoms with Gasteiger partial charge in [0.2, 0.25) is 0 Å². The van der Waals surface area contributed by atoms with E-state index >= 15 is 0 Å².